The molecule has 28 heavy (non-hydrogen) atoms. The van der Waals surface area contributed by atoms with E-state index in [1.807, 2.05) is 18.2 Å². The zero-order valence-corrected chi connectivity index (χ0v) is 14.3. The molecule has 150 valence electrons. The molecule has 0 fully saturated rings. The summed E-state index contributed by atoms with van der Waals surface area (Å²) in [5, 5.41) is 18.0. The van der Waals surface area contributed by atoms with Crippen molar-refractivity contribution in [1.82, 2.24) is 5.32 Å². The molecule has 0 bridgehead atoms. The van der Waals surface area contributed by atoms with E-state index in [-0.39, 0.29) is 6.79 Å². The van der Waals surface area contributed by atoms with Crippen LogP contribution in [0.3, 0.4) is 0 Å². The molecule has 2 aromatic carbocycles. The second kappa shape index (κ2) is 9.09. The van der Waals surface area contributed by atoms with E-state index in [4.69, 9.17) is 29.3 Å². The number of alkyl halides is 3. The van der Waals surface area contributed by atoms with Gasteiger partial charge in [-0.1, -0.05) is 18.2 Å². The summed E-state index contributed by atoms with van der Waals surface area (Å²) >= 11 is 0. The number of carboxylic acid groups (broad SMARTS) is 2. The lowest BCUT2D eigenvalue weighted by Crippen LogP contribution is -2.13. The summed E-state index contributed by atoms with van der Waals surface area (Å²) in [6.07, 6.45) is -4.29. The van der Waals surface area contributed by atoms with E-state index in [1.54, 1.807) is 0 Å². The number of carbonyl (C=O) groups is 2. The molecule has 0 spiro atoms. The summed E-state index contributed by atoms with van der Waals surface area (Å²) in [6, 6.07) is 10.8. The highest BCUT2D eigenvalue weighted by atomic mass is 19.4. The van der Waals surface area contributed by atoms with Gasteiger partial charge in [0.1, 0.15) is 0 Å². The molecule has 0 atom stereocenters. The lowest BCUT2D eigenvalue weighted by Gasteiger charge is -2.09. The van der Waals surface area contributed by atoms with E-state index in [0.29, 0.717) is 18.8 Å². The predicted octanol–water partition coefficient (Wildman–Crippen LogP) is 2.88. The fourth-order valence-corrected chi connectivity index (χ4v) is 2.21. The van der Waals surface area contributed by atoms with Gasteiger partial charge in [-0.3, -0.25) is 0 Å². The molecule has 0 aromatic heterocycles. The van der Waals surface area contributed by atoms with E-state index >= 15 is 0 Å². The van der Waals surface area contributed by atoms with Crippen LogP contribution in [0.4, 0.5) is 13.2 Å². The van der Waals surface area contributed by atoms with Gasteiger partial charge < -0.3 is 25.0 Å². The van der Waals surface area contributed by atoms with Gasteiger partial charge in [-0.2, -0.15) is 13.2 Å². The third-order valence-electron chi connectivity index (χ3n) is 3.56. The molecule has 1 heterocycles. The van der Waals surface area contributed by atoms with E-state index in [0.717, 1.165) is 29.0 Å². The third-order valence-corrected chi connectivity index (χ3v) is 3.56. The predicted molar refractivity (Wildman–Crippen MR) is 89.8 cm³/mol. The van der Waals surface area contributed by atoms with Crippen LogP contribution >= 0.6 is 0 Å². The van der Waals surface area contributed by atoms with Crippen LogP contribution in [0.25, 0.3) is 0 Å². The van der Waals surface area contributed by atoms with Crippen LogP contribution in [0.2, 0.25) is 0 Å². The van der Waals surface area contributed by atoms with Crippen LogP contribution in [-0.2, 0) is 28.9 Å². The van der Waals surface area contributed by atoms with Crippen LogP contribution in [-0.4, -0.2) is 28.9 Å². The summed E-state index contributed by atoms with van der Waals surface area (Å²) in [7, 11) is 0. The fraction of sp³-hybridized carbons (Fsp3) is 0.222. The third kappa shape index (κ3) is 6.16. The molecule has 3 rings (SSSR count). The lowest BCUT2D eigenvalue weighted by atomic mass is 10.1. The van der Waals surface area contributed by atoms with Crippen LogP contribution in [0.15, 0.2) is 42.5 Å². The topological polar surface area (TPSA) is 105 Å². The molecular weight excluding hydrogens is 383 g/mol. The Balaban J connectivity index is 0.000000409. The minimum Gasteiger partial charge on any atom is -0.473 e. The average molecular weight is 399 g/mol. The molecule has 0 saturated carbocycles. The fourth-order valence-electron chi connectivity index (χ4n) is 2.21. The Morgan fingerprint density at radius 3 is 2.00 bits per heavy atom. The van der Waals surface area contributed by atoms with Gasteiger partial charge >= 0.3 is 18.1 Å². The molecule has 7 nitrogen and oxygen atoms in total. The molecule has 1 aliphatic rings. The maximum atomic E-state index is 12.5. The Morgan fingerprint density at radius 1 is 0.893 bits per heavy atom. The highest BCUT2D eigenvalue weighted by Crippen LogP contribution is 2.32. The Morgan fingerprint density at radius 2 is 1.43 bits per heavy atom. The molecule has 10 heteroatoms. The first-order valence-corrected chi connectivity index (χ1v) is 7.88. The molecule has 1 aliphatic heterocycles. The summed E-state index contributed by atoms with van der Waals surface area (Å²) in [4.78, 5) is 18.2. The number of fused-ring (bicyclic) bond motifs is 1. The highest BCUT2D eigenvalue weighted by Gasteiger charge is 2.29. The largest absolute Gasteiger partial charge is 0.473 e. The van der Waals surface area contributed by atoms with Crippen molar-refractivity contribution in [1.29, 1.82) is 0 Å². The molecule has 0 aliphatic carbocycles. The first-order valence-electron chi connectivity index (χ1n) is 7.88. The van der Waals surface area contributed by atoms with Crippen molar-refractivity contribution < 1.29 is 42.4 Å². The van der Waals surface area contributed by atoms with Gasteiger partial charge in [-0.15, -0.1) is 0 Å². The van der Waals surface area contributed by atoms with Gasteiger partial charge in [-0.25, -0.2) is 9.59 Å². The number of hydrogen-bond donors (Lipinski definition) is 3. The minimum absolute atomic E-state index is 0.234. The minimum atomic E-state index is -4.29. The van der Waals surface area contributed by atoms with Gasteiger partial charge in [0.15, 0.2) is 11.5 Å². The molecular formula is C18H16F3NO6. The number of halogens is 3. The number of hydrogen-bond acceptors (Lipinski definition) is 5. The monoisotopic (exact) mass is 399 g/mol. The molecule has 0 amide bonds. The van der Waals surface area contributed by atoms with E-state index < -0.39 is 23.7 Å². The van der Waals surface area contributed by atoms with Crippen molar-refractivity contribution in [2.45, 2.75) is 19.3 Å². The quantitative estimate of drug-likeness (QED) is 0.679. The number of ether oxygens (including phenoxy) is 2. The standard InChI is InChI=1S/C16H14F3NO2.C2H2O4/c17-16(18,19)13-4-1-11(2-5-13)8-20-9-12-3-6-14-15(7-12)22-10-21-14;3-1(4)2(5)6/h1-7,20H,8-10H2;(H,3,4)(H,5,6). The number of rotatable bonds is 4. The zero-order valence-electron chi connectivity index (χ0n) is 14.3. The first-order chi connectivity index (χ1) is 13.2. The molecule has 2 aromatic rings. The second-order valence-corrected chi connectivity index (χ2v) is 5.60. The summed E-state index contributed by atoms with van der Waals surface area (Å²) in [5.41, 5.74) is 1.19. The number of nitrogens with one attached hydrogen (secondary N) is 1. The van der Waals surface area contributed by atoms with Crippen molar-refractivity contribution in [3.8, 4) is 11.5 Å². The number of carboxylic acids is 2. The molecule has 0 unspecified atom stereocenters. The normalized spacial score (nSPS) is 12.1. The average Bonchev–Trinajstić information content (AvgIpc) is 3.09. The number of benzene rings is 2. The van der Waals surface area contributed by atoms with Crippen molar-refractivity contribution >= 4 is 11.9 Å². The van der Waals surface area contributed by atoms with Gasteiger partial charge in [-0.05, 0) is 35.4 Å². The van der Waals surface area contributed by atoms with Crippen molar-refractivity contribution in [3.63, 3.8) is 0 Å². The van der Waals surface area contributed by atoms with E-state index in [9.17, 15) is 13.2 Å². The summed E-state index contributed by atoms with van der Waals surface area (Å²) < 4.78 is 47.9. The Labute approximate surface area is 157 Å². The van der Waals surface area contributed by atoms with Gasteiger partial charge in [0.2, 0.25) is 6.79 Å². The second-order valence-electron chi connectivity index (χ2n) is 5.60. The maximum Gasteiger partial charge on any atom is 0.416 e. The Bertz CT molecular complexity index is 824. The van der Waals surface area contributed by atoms with Gasteiger partial charge in [0.05, 0.1) is 5.56 Å². The SMILES string of the molecule is FC(F)(F)c1ccc(CNCc2ccc3c(c2)OCO3)cc1.O=C(O)C(=O)O. The smallest absolute Gasteiger partial charge is 0.416 e. The van der Waals surface area contributed by atoms with Gasteiger partial charge in [0.25, 0.3) is 0 Å². The summed E-state index contributed by atoms with van der Waals surface area (Å²) in [5.74, 6) is -2.20. The highest BCUT2D eigenvalue weighted by molar-refractivity contribution is 6.27. The number of aliphatic carboxylic acids is 2. The van der Waals surface area contributed by atoms with Crippen molar-refractivity contribution in [2.24, 2.45) is 0 Å². The van der Waals surface area contributed by atoms with E-state index in [1.165, 1.54) is 12.1 Å². The summed E-state index contributed by atoms with van der Waals surface area (Å²) in [6.45, 7) is 1.32. The van der Waals surface area contributed by atoms with Crippen LogP contribution in [0.5, 0.6) is 11.5 Å². The maximum absolute atomic E-state index is 12.5. The Kier molecular flexibility index (Phi) is 6.83. The molecule has 3 N–H and O–H groups in total. The first kappa shape index (κ1) is 21.0. The Hall–Kier alpha value is -3.27. The van der Waals surface area contributed by atoms with Crippen LogP contribution < -0.4 is 14.8 Å². The lowest BCUT2D eigenvalue weighted by molar-refractivity contribution is -0.159. The zero-order chi connectivity index (χ0) is 20.7. The van der Waals surface area contributed by atoms with Crippen molar-refractivity contribution in [3.05, 3.63) is 59.2 Å². The van der Waals surface area contributed by atoms with E-state index in [2.05, 4.69) is 5.32 Å². The van der Waals surface area contributed by atoms with Gasteiger partial charge in [0, 0.05) is 13.1 Å². The molecule has 0 saturated heterocycles. The van der Waals surface area contributed by atoms with Crippen LogP contribution in [0.1, 0.15) is 16.7 Å². The van der Waals surface area contributed by atoms with Crippen LogP contribution in [0, 0.1) is 0 Å². The van der Waals surface area contributed by atoms with Crippen molar-refractivity contribution in [2.75, 3.05) is 6.79 Å². The molecule has 0 radical (unpaired) electrons.